The summed E-state index contributed by atoms with van der Waals surface area (Å²) in [6.07, 6.45) is 0. The number of fused-ring (bicyclic) bond motifs is 3. The molecule has 0 aliphatic rings. The highest BCUT2D eigenvalue weighted by molar-refractivity contribution is 6.07. The fourth-order valence-electron chi connectivity index (χ4n) is 3.53. The van der Waals surface area contributed by atoms with E-state index >= 15 is 0 Å². The van der Waals surface area contributed by atoms with E-state index in [0.717, 1.165) is 27.5 Å². The van der Waals surface area contributed by atoms with E-state index in [1.165, 1.54) is 18.2 Å². The first kappa shape index (κ1) is 18.7. The summed E-state index contributed by atoms with van der Waals surface area (Å²) in [4.78, 5) is 21.9. The molecule has 0 spiro atoms. The number of nitrogens with zero attached hydrogens (tertiary/aromatic N) is 2. The summed E-state index contributed by atoms with van der Waals surface area (Å²) in [7, 11) is 3.55. The molecular weight excluding hydrogens is 376 g/mol. The van der Waals surface area contributed by atoms with E-state index in [4.69, 9.17) is 13.9 Å². The van der Waals surface area contributed by atoms with E-state index in [2.05, 4.69) is 0 Å². The third kappa shape index (κ3) is 3.34. The van der Waals surface area contributed by atoms with E-state index in [-0.39, 0.29) is 12.3 Å². The fourth-order valence-corrected chi connectivity index (χ4v) is 3.53. The monoisotopic (exact) mass is 394 g/mol. The zero-order valence-electron chi connectivity index (χ0n) is 15.9. The number of ether oxygens (including phenoxy) is 2. The number of methoxy groups -OCH3 is 1. The van der Waals surface area contributed by atoms with Crippen LogP contribution in [0.15, 0.2) is 57.7 Å². The number of benzene rings is 2. The molecule has 2 aromatic heterocycles. The van der Waals surface area contributed by atoms with Crippen LogP contribution in [0.1, 0.15) is 11.3 Å². The minimum Gasteiger partial charge on any atom is -0.487 e. The zero-order chi connectivity index (χ0) is 20.5. The number of nitro benzene ring substituents is 1. The van der Waals surface area contributed by atoms with Gasteiger partial charge in [-0.2, -0.15) is 0 Å². The highest BCUT2D eigenvalue weighted by Crippen LogP contribution is 2.33. The molecule has 148 valence electrons. The predicted octanol–water partition coefficient (Wildman–Crippen LogP) is 3.92. The van der Waals surface area contributed by atoms with Crippen LogP contribution in [-0.2, 0) is 25.0 Å². The Morgan fingerprint density at radius 1 is 1.07 bits per heavy atom. The van der Waals surface area contributed by atoms with Gasteiger partial charge in [0.1, 0.15) is 17.9 Å². The Hall–Kier alpha value is -3.65. The maximum Gasteiger partial charge on any atom is 0.336 e. The number of aromatic nitrogens is 1. The number of nitro groups is 1. The molecule has 0 unspecified atom stereocenters. The molecule has 0 bridgehead atoms. The van der Waals surface area contributed by atoms with Crippen molar-refractivity contribution in [2.45, 2.75) is 13.2 Å². The lowest BCUT2D eigenvalue weighted by molar-refractivity contribution is -0.384. The van der Waals surface area contributed by atoms with Crippen LogP contribution in [0.5, 0.6) is 5.75 Å². The molecule has 0 atom stereocenters. The number of rotatable bonds is 6. The fraction of sp³-hybridized carbons (Fsp3) is 0.190. The Balaban J connectivity index is 1.77. The summed E-state index contributed by atoms with van der Waals surface area (Å²) in [6.45, 7) is 0.606. The van der Waals surface area contributed by atoms with Crippen LogP contribution in [0.4, 0.5) is 5.69 Å². The van der Waals surface area contributed by atoms with E-state index in [0.29, 0.717) is 17.9 Å². The maximum absolute atomic E-state index is 11.6. The number of aryl methyl sites for hydroxylation is 1. The van der Waals surface area contributed by atoms with Crippen LogP contribution in [-0.4, -0.2) is 16.6 Å². The van der Waals surface area contributed by atoms with Gasteiger partial charge in [-0.3, -0.25) is 10.1 Å². The van der Waals surface area contributed by atoms with E-state index in [9.17, 15) is 14.9 Å². The Morgan fingerprint density at radius 3 is 2.52 bits per heavy atom. The summed E-state index contributed by atoms with van der Waals surface area (Å²) >= 11 is 0. The van der Waals surface area contributed by atoms with Gasteiger partial charge >= 0.3 is 5.63 Å². The Kier molecular flexibility index (Phi) is 4.77. The first-order valence-electron chi connectivity index (χ1n) is 8.89. The molecule has 0 N–H and O–H groups in total. The largest absolute Gasteiger partial charge is 0.487 e. The molecule has 0 radical (unpaired) electrons. The van der Waals surface area contributed by atoms with Gasteiger partial charge in [-0.25, -0.2) is 4.79 Å². The maximum atomic E-state index is 11.6. The van der Waals surface area contributed by atoms with Gasteiger partial charge in [-0.1, -0.05) is 0 Å². The normalized spacial score (nSPS) is 11.2. The minimum absolute atomic E-state index is 0.00925. The number of hydrogen-bond acceptors (Lipinski definition) is 6. The van der Waals surface area contributed by atoms with Crippen molar-refractivity contribution in [2.75, 3.05) is 7.11 Å². The molecular formula is C21H18N2O6. The molecule has 29 heavy (non-hydrogen) atoms. The van der Waals surface area contributed by atoms with Gasteiger partial charge in [0, 0.05) is 54.2 Å². The highest BCUT2D eigenvalue weighted by atomic mass is 16.6. The summed E-state index contributed by atoms with van der Waals surface area (Å²) in [5.74, 6) is 0.528. The van der Waals surface area contributed by atoms with Gasteiger partial charge < -0.3 is 18.5 Å². The molecule has 2 aromatic carbocycles. The minimum atomic E-state index is -0.451. The standard InChI is InChI=1S/C21H18N2O6/c1-22-17-8-9-19-15(7-10-20(24)29-19)21(17)16(11-27-2)18(22)12-28-14-5-3-13(4-6-14)23(25)26/h3-10H,11-12H2,1-2H3. The molecule has 0 amide bonds. The van der Waals surface area contributed by atoms with Gasteiger partial charge in [-0.15, -0.1) is 0 Å². The smallest absolute Gasteiger partial charge is 0.336 e. The second-order valence-corrected chi connectivity index (χ2v) is 6.58. The third-order valence-corrected chi connectivity index (χ3v) is 4.91. The van der Waals surface area contributed by atoms with E-state index < -0.39 is 10.5 Å². The van der Waals surface area contributed by atoms with Crippen molar-refractivity contribution < 1.29 is 18.8 Å². The van der Waals surface area contributed by atoms with Crippen molar-refractivity contribution in [2.24, 2.45) is 7.05 Å². The lowest BCUT2D eigenvalue weighted by atomic mass is 10.1. The lowest BCUT2D eigenvalue weighted by Gasteiger charge is -2.10. The molecule has 4 rings (SSSR count). The van der Waals surface area contributed by atoms with Crippen LogP contribution < -0.4 is 10.4 Å². The third-order valence-electron chi connectivity index (χ3n) is 4.91. The molecule has 0 fully saturated rings. The van der Waals surface area contributed by atoms with Gasteiger partial charge in [0.2, 0.25) is 0 Å². The average molecular weight is 394 g/mol. The first-order valence-corrected chi connectivity index (χ1v) is 8.89. The van der Waals surface area contributed by atoms with Crippen molar-refractivity contribution in [3.63, 3.8) is 0 Å². The predicted molar refractivity (Wildman–Crippen MR) is 107 cm³/mol. The van der Waals surface area contributed by atoms with Gasteiger partial charge in [0.05, 0.1) is 17.2 Å². The molecule has 2 heterocycles. The molecule has 8 nitrogen and oxygen atoms in total. The lowest BCUT2D eigenvalue weighted by Crippen LogP contribution is -2.05. The molecule has 0 aliphatic carbocycles. The SMILES string of the molecule is COCc1c(COc2ccc([N+](=O)[O-])cc2)n(C)c2ccc3oc(=O)ccc3c12. The van der Waals surface area contributed by atoms with Crippen LogP contribution in [0.25, 0.3) is 21.9 Å². The molecule has 4 aromatic rings. The Bertz CT molecular complexity index is 1270. The van der Waals surface area contributed by atoms with Crippen molar-refractivity contribution in [1.82, 2.24) is 4.57 Å². The van der Waals surface area contributed by atoms with E-state index in [1.54, 1.807) is 31.4 Å². The molecule has 0 aliphatic heterocycles. The Morgan fingerprint density at radius 2 is 1.83 bits per heavy atom. The van der Waals surface area contributed by atoms with Crippen molar-refractivity contribution in [3.05, 3.63) is 80.3 Å². The molecule has 0 saturated heterocycles. The summed E-state index contributed by atoms with van der Waals surface area (Å²) in [5, 5.41) is 12.6. The first-order chi connectivity index (χ1) is 14.0. The highest BCUT2D eigenvalue weighted by Gasteiger charge is 2.19. The summed E-state index contributed by atoms with van der Waals surface area (Å²) in [5.41, 5.74) is 2.92. The van der Waals surface area contributed by atoms with Crippen molar-refractivity contribution in [3.8, 4) is 5.75 Å². The average Bonchev–Trinajstić information content (AvgIpc) is 2.98. The second kappa shape index (κ2) is 7.40. The van der Waals surface area contributed by atoms with Gasteiger partial charge in [-0.05, 0) is 30.3 Å². The van der Waals surface area contributed by atoms with Crippen LogP contribution in [0, 0.1) is 10.1 Å². The molecule has 8 heteroatoms. The zero-order valence-corrected chi connectivity index (χ0v) is 15.9. The topological polar surface area (TPSA) is 96.7 Å². The number of hydrogen-bond donors (Lipinski definition) is 0. The van der Waals surface area contributed by atoms with Crippen LogP contribution in [0.3, 0.4) is 0 Å². The van der Waals surface area contributed by atoms with Crippen LogP contribution in [0.2, 0.25) is 0 Å². The quantitative estimate of drug-likeness (QED) is 0.279. The summed E-state index contributed by atoms with van der Waals surface area (Å²) in [6, 6.07) is 12.8. The summed E-state index contributed by atoms with van der Waals surface area (Å²) < 4.78 is 18.6. The molecule has 0 saturated carbocycles. The van der Waals surface area contributed by atoms with Crippen molar-refractivity contribution >= 4 is 27.6 Å². The van der Waals surface area contributed by atoms with Crippen molar-refractivity contribution in [1.29, 1.82) is 0 Å². The number of non-ortho nitro benzene ring substituents is 1. The Labute approximate surface area is 165 Å². The van der Waals surface area contributed by atoms with E-state index in [1.807, 2.05) is 17.7 Å². The second-order valence-electron chi connectivity index (χ2n) is 6.58. The van der Waals surface area contributed by atoms with Gasteiger partial charge in [0.15, 0.2) is 0 Å². The van der Waals surface area contributed by atoms with Crippen LogP contribution >= 0.6 is 0 Å². The van der Waals surface area contributed by atoms with Gasteiger partial charge in [0.25, 0.3) is 5.69 Å².